The zero-order valence-corrected chi connectivity index (χ0v) is 29.3. The van der Waals surface area contributed by atoms with Gasteiger partial charge in [0.05, 0.1) is 24.0 Å². The van der Waals surface area contributed by atoms with Crippen LogP contribution in [-0.4, -0.2) is 58.5 Å². The van der Waals surface area contributed by atoms with Crippen LogP contribution in [0.2, 0.25) is 5.02 Å². The molecule has 3 aromatic heterocycles. The van der Waals surface area contributed by atoms with E-state index in [-0.39, 0.29) is 29.5 Å². The van der Waals surface area contributed by atoms with Gasteiger partial charge < -0.3 is 26.0 Å². The van der Waals surface area contributed by atoms with Gasteiger partial charge in [0, 0.05) is 79.5 Å². The third-order valence-corrected chi connectivity index (χ3v) is 10.1. The Bertz CT molecular complexity index is 2190. The first-order valence-corrected chi connectivity index (χ1v) is 17.6. The number of hydrogen-bond acceptors (Lipinski definition) is 8. The number of amides is 2. The van der Waals surface area contributed by atoms with Crippen molar-refractivity contribution in [2.24, 2.45) is 0 Å². The molecule has 0 unspecified atom stereocenters. The second kappa shape index (κ2) is 15.0. The summed E-state index contributed by atoms with van der Waals surface area (Å²) in [5, 5.41) is 13.1. The van der Waals surface area contributed by atoms with Crippen molar-refractivity contribution >= 4 is 28.9 Å². The molecule has 2 aliphatic heterocycles. The van der Waals surface area contributed by atoms with E-state index in [1.54, 1.807) is 17.7 Å². The van der Waals surface area contributed by atoms with E-state index in [4.69, 9.17) is 21.3 Å². The molecule has 2 saturated heterocycles. The number of nitrogens with zero attached hydrogens (tertiary/aromatic N) is 3. The van der Waals surface area contributed by atoms with Crippen LogP contribution < -0.4 is 31.6 Å². The minimum absolute atomic E-state index is 0.0702. The van der Waals surface area contributed by atoms with Gasteiger partial charge >= 0.3 is 0 Å². The molecule has 0 aliphatic carbocycles. The maximum absolute atomic E-state index is 13.3. The second-order valence-corrected chi connectivity index (χ2v) is 13.5. The standard InChI is InChI=1S/C39H40ClN7O4/c1-23-29(24-15-16-47-28(17-24)12-9-25(39(47)50)18-41-19-26-10-13-35(48)44-26)5-3-6-30(23)31-7-4-8-32(37(31)40)33-22-43-34(38(46-33)51-2)21-42-20-27-11-14-36(49)45-27/h3-9,12,15-17,22,26-27,41-42H,10-11,13-14,18-21H2,1-2H3,(H,44,48)(H,45,49)/t26-,27+/m0/s1. The number of aromatic nitrogens is 3. The molecule has 2 amide bonds. The van der Waals surface area contributed by atoms with E-state index in [9.17, 15) is 14.4 Å². The van der Waals surface area contributed by atoms with Crippen LogP contribution in [0.15, 0.2) is 77.9 Å². The summed E-state index contributed by atoms with van der Waals surface area (Å²) in [6.07, 6.45) is 6.27. The Labute approximate surface area is 300 Å². The molecule has 0 saturated carbocycles. The highest BCUT2D eigenvalue weighted by atomic mass is 35.5. The Hall–Kier alpha value is -5.10. The molecular weight excluding hydrogens is 666 g/mol. The number of ether oxygens (including phenoxy) is 1. The first kappa shape index (κ1) is 34.4. The summed E-state index contributed by atoms with van der Waals surface area (Å²) in [7, 11) is 1.57. The topological polar surface area (TPSA) is 139 Å². The van der Waals surface area contributed by atoms with Crippen molar-refractivity contribution < 1.29 is 14.3 Å². The van der Waals surface area contributed by atoms with Crippen molar-refractivity contribution in [1.82, 2.24) is 35.6 Å². The van der Waals surface area contributed by atoms with Gasteiger partial charge in [-0.05, 0) is 60.2 Å². The van der Waals surface area contributed by atoms with Gasteiger partial charge in [-0.15, -0.1) is 0 Å². The maximum atomic E-state index is 13.3. The molecule has 2 aliphatic rings. The van der Waals surface area contributed by atoms with Crippen molar-refractivity contribution in [3.05, 3.63) is 105 Å². The van der Waals surface area contributed by atoms with Crippen LogP contribution >= 0.6 is 11.6 Å². The first-order valence-electron chi connectivity index (χ1n) is 17.2. The van der Waals surface area contributed by atoms with Crippen LogP contribution in [-0.2, 0) is 22.7 Å². The molecule has 5 aromatic rings. The quantitative estimate of drug-likeness (QED) is 0.145. The number of halogens is 1. The van der Waals surface area contributed by atoms with Crippen molar-refractivity contribution in [3.63, 3.8) is 0 Å². The number of pyridine rings is 2. The van der Waals surface area contributed by atoms with Gasteiger partial charge in [0.2, 0.25) is 17.7 Å². The predicted molar refractivity (Wildman–Crippen MR) is 198 cm³/mol. The number of carbonyl (C=O) groups is 2. The van der Waals surface area contributed by atoms with E-state index in [0.29, 0.717) is 66.9 Å². The Balaban J connectivity index is 1.10. The molecule has 5 heterocycles. The lowest BCUT2D eigenvalue weighted by Gasteiger charge is -2.16. The van der Waals surface area contributed by atoms with Gasteiger partial charge in [-0.3, -0.25) is 23.8 Å². The summed E-state index contributed by atoms with van der Waals surface area (Å²) in [5.74, 6) is 0.577. The summed E-state index contributed by atoms with van der Waals surface area (Å²) in [6, 6.07) is 20.1. The lowest BCUT2D eigenvalue weighted by molar-refractivity contribution is -0.120. The summed E-state index contributed by atoms with van der Waals surface area (Å²) >= 11 is 7.12. The molecule has 4 N–H and O–H groups in total. The number of nitrogens with one attached hydrogen (secondary N) is 4. The van der Waals surface area contributed by atoms with Gasteiger partial charge in [-0.1, -0.05) is 54.1 Å². The molecule has 0 bridgehead atoms. The van der Waals surface area contributed by atoms with E-state index in [2.05, 4.69) is 45.3 Å². The number of rotatable bonds is 12. The minimum Gasteiger partial charge on any atom is -0.480 e. The lowest BCUT2D eigenvalue weighted by Crippen LogP contribution is -2.36. The molecule has 2 atom stereocenters. The molecule has 262 valence electrons. The number of benzene rings is 2. The average Bonchev–Trinajstić information content (AvgIpc) is 3.76. The molecule has 7 rings (SSSR count). The monoisotopic (exact) mass is 705 g/mol. The Kier molecular flexibility index (Phi) is 10.1. The van der Waals surface area contributed by atoms with E-state index in [1.165, 1.54) is 0 Å². The fourth-order valence-electron chi connectivity index (χ4n) is 6.94. The highest BCUT2D eigenvalue weighted by molar-refractivity contribution is 6.36. The minimum atomic E-state index is -0.0702. The van der Waals surface area contributed by atoms with E-state index >= 15 is 0 Å². The Morgan fingerprint density at radius 2 is 1.53 bits per heavy atom. The summed E-state index contributed by atoms with van der Waals surface area (Å²) < 4.78 is 7.28. The van der Waals surface area contributed by atoms with Gasteiger partial charge in [-0.25, -0.2) is 4.98 Å². The van der Waals surface area contributed by atoms with Gasteiger partial charge in [0.15, 0.2) is 0 Å². The Morgan fingerprint density at radius 1 is 0.863 bits per heavy atom. The van der Waals surface area contributed by atoms with Crippen molar-refractivity contribution in [2.45, 2.75) is 57.8 Å². The molecular formula is C39H40ClN7O4. The fourth-order valence-corrected chi connectivity index (χ4v) is 7.27. The molecule has 51 heavy (non-hydrogen) atoms. The maximum Gasteiger partial charge on any atom is 0.259 e. The Morgan fingerprint density at radius 3 is 2.22 bits per heavy atom. The van der Waals surface area contributed by atoms with E-state index in [1.807, 2.05) is 54.7 Å². The van der Waals surface area contributed by atoms with Crippen molar-refractivity contribution in [2.75, 3.05) is 20.2 Å². The largest absolute Gasteiger partial charge is 0.480 e. The number of hydrogen-bond donors (Lipinski definition) is 4. The first-order chi connectivity index (χ1) is 24.8. The number of carbonyl (C=O) groups excluding carboxylic acids is 2. The SMILES string of the molecule is COc1nc(-c2cccc(-c3cccc(-c4ccn5c(=O)c(CNC[C@@H]6CCC(=O)N6)ccc5c4)c3C)c2Cl)cnc1CNC[C@H]1CCC(=O)N1. The third-order valence-electron chi connectivity index (χ3n) is 9.71. The number of fused-ring (bicyclic) bond motifs is 1. The van der Waals surface area contributed by atoms with Gasteiger partial charge in [-0.2, -0.15) is 0 Å². The van der Waals surface area contributed by atoms with Crippen LogP contribution in [0.5, 0.6) is 5.88 Å². The summed E-state index contributed by atoms with van der Waals surface area (Å²) in [5.41, 5.74) is 8.31. The highest BCUT2D eigenvalue weighted by Crippen LogP contribution is 2.40. The van der Waals surface area contributed by atoms with Crippen LogP contribution in [0.4, 0.5) is 0 Å². The highest BCUT2D eigenvalue weighted by Gasteiger charge is 2.22. The average molecular weight is 706 g/mol. The smallest absolute Gasteiger partial charge is 0.259 e. The van der Waals surface area contributed by atoms with Crippen molar-refractivity contribution in [3.8, 4) is 39.4 Å². The third kappa shape index (κ3) is 7.37. The van der Waals surface area contributed by atoms with Gasteiger partial charge in [0.1, 0.15) is 5.69 Å². The normalized spacial score (nSPS) is 17.2. The van der Waals surface area contributed by atoms with Crippen LogP contribution in [0.1, 0.15) is 42.5 Å². The molecule has 11 nitrogen and oxygen atoms in total. The molecule has 2 aromatic carbocycles. The molecule has 2 fully saturated rings. The second-order valence-electron chi connectivity index (χ2n) is 13.1. The van der Waals surface area contributed by atoms with Crippen LogP contribution in [0, 0.1) is 6.92 Å². The fraction of sp³-hybridized carbons (Fsp3) is 0.308. The van der Waals surface area contributed by atoms with Crippen LogP contribution in [0.25, 0.3) is 39.0 Å². The summed E-state index contributed by atoms with van der Waals surface area (Å²) in [4.78, 5) is 45.7. The van der Waals surface area contributed by atoms with Gasteiger partial charge in [0.25, 0.3) is 5.56 Å². The lowest BCUT2D eigenvalue weighted by atomic mass is 9.92. The van der Waals surface area contributed by atoms with Crippen LogP contribution in [0.3, 0.4) is 0 Å². The summed E-state index contributed by atoms with van der Waals surface area (Å²) in [6.45, 7) is 4.23. The van der Waals surface area contributed by atoms with E-state index in [0.717, 1.165) is 51.7 Å². The predicted octanol–water partition coefficient (Wildman–Crippen LogP) is 4.80. The zero-order chi connectivity index (χ0) is 35.5. The molecule has 0 radical (unpaired) electrons. The van der Waals surface area contributed by atoms with E-state index < -0.39 is 0 Å². The van der Waals surface area contributed by atoms with Crippen molar-refractivity contribution in [1.29, 1.82) is 0 Å². The molecule has 12 heteroatoms. The molecule has 0 spiro atoms. The number of methoxy groups -OCH3 is 1. The zero-order valence-electron chi connectivity index (χ0n) is 28.6.